The molecule has 1 aliphatic heterocycles. The van der Waals surface area contributed by atoms with Crippen molar-refractivity contribution in [2.75, 3.05) is 20.2 Å². The Bertz CT molecular complexity index is 514. The Morgan fingerprint density at radius 2 is 2.14 bits per heavy atom. The van der Waals surface area contributed by atoms with E-state index in [1.54, 1.807) is 6.07 Å². The summed E-state index contributed by atoms with van der Waals surface area (Å²) in [4.78, 5) is 2.41. The van der Waals surface area contributed by atoms with Gasteiger partial charge in [-0.3, -0.25) is 4.90 Å². The molecular weight excluding hydrogens is 267 g/mol. The average molecular weight is 292 g/mol. The third kappa shape index (κ3) is 3.06. The Kier molecular flexibility index (Phi) is 3.93. The molecule has 0 aromatic heterocycles. The Morgan fingerprint density at radius 3 is 2.81 bits per heavy atom. The summed E-state index contributed by atoms with van der Waals surface area (Å²) in [6.07, 6.45) is 2.67. The number of rotatable bonds is 4. The smallest absolute Gasteiger partial charge is 0.169 e. The van der Waals surface area contributed by atoms with E-state index in [4.69, 9.17) is 4.74 Å². The van der Waals surface area contributed by atoms with Gasteiger partial charge in [0.15, 0.2) is 11.6 Å². The summed E-state index contributed by atoms with van der Waals surface area (Å²) in [6, 6.07) is 5.97. The maximum absolute atomic E-state index is 14.4. The second-order valence-corrected chi connectivity index (χ2v) is 6.95. The van der Waals surface area contributed by atoms with Crippen molar-refractivity contribution < 1.29 is 9.13 Å². The summed E-state index contributed by atoms with van der Waals surface area (Å²) in [6.45, 7) is 7.04. The van der Waals surface area contributed by atoms with E-state index in [-0.39, 0.29) is 11.4 Å². The van der Waals surface area contributed by atoms with Gasteiger partial charge in [0.2, 0.25) is 0 Å². The predicted octanol–water partition coefficient (Wildman–Crippen LogP) is 2.80. The number of nitrogens with one attached hydrogen (secondary N) is 1. The Morgan fingerprint density at radius 1 is 1.38 bits per heavy atom. The summed E-state index contributed by atoms with van der Waals surface area (Å²) in [5.74, 6) is 0.926. The van der Waals surface area contributed by atoms with Gasteiger partial charge in [0.05, 0.1) is 7.11 Å². The molecule has 0 spiro atoms. The fourth-order valence-corrected chi connectivity index (χ4v) is 3.18. The number of hydrogen-bond acceptors (Lipinski definition) is 3. The third-order valence-corrected chi connectivity index (χ3v) is 4.89. The van der Waals surface area contributed by atoms with E-state index < -0.39 is 0 Å². The van der Waals surface area contributed by atoms with Crippen LogP contribution in [-0.4, -0.2) is 36.7 Å². The lowest BCUT2D eigenvalue weighted by molar-refractivity contribution is 0.0523. The van der Waals surface area contributed by atoms with Gasteiger partial charge < -0.3 is 10.1 Å². The van der Waals surface area contributed by atoms with E-state index in [1.165, 1.54) is 20.0 Å². The summed E-state index contributed by atoms with van der Waals surface area (Å²) in [7, 11) is 1.51. The van der Waals surface area contributed by atoms with E-state index in [1.807, 2.05) is 12.1 Å². The molecule has 0 radical (unpaired) electrons. The molecule has 0 bridgehead atoms. The zero-order valence-corrected chi connectivity index (χ0v) is 13.2. The van der Waals surface area contributed by atoms with Crippen molar-refractivity contribution in [2.24, 2.45) is 5.92 Å². The minimum Gasteiger partial charge on any atom is -0.494 e. The van der Waals surface area contributed by atoms with Gasteiger partial charge >= 0.3 is 0 Å². The van der Waals surface area contributed by atoms with E-state index in [9.17, 15) is 4.39 Å². The number of benzene rings is 1. The van der Waals surface area contributed by atoms with E-state index in [2.05, 4.69) is 24.1 Å². The molecule has 1 aromatic rings. The standard InChI is InChI=1S/C17H25FN2O/c1-17(2)11-19-14(12-7-8-12)10-20(17)9-13-5-4-6-15(21-3)16(13)18/h4-6,12,14,19H,7-11H2,1-3H3. The van der Waals surface area contributed by atoms with Crippen LogP contribution in [0.25, 0.3) is 0 Å². The Balaban J connectivity index is 1.77. The van der Waals surface area contributed by atoms with Crippen molar-refractivity contribution in [1.82, 2.24) is 10.2 Å². The predicted molar refractivity (Wildman–Crippen MR) is 82.0 cm³/mol. The number of nitrogens with zero attached hydrogens (tertiary/aromatic N) is 1. The minimum atomic E-state index is -0.225. The fraction of sp³-hybridized carbons (Fsp3) is 0.647. The lowest BCUT2D eigenvalue weighted by Crippen LogP contribution is -2.62. The maximum atomic E-state index is 14.4. The highest BCUT2D eigenvalue weighted by Gasteiger charge is 2.40. The molecule has 3 nitrogen and oxygen atoms in total. The first-order chi connectivity index (χ1) is 10.0. The molecule has 1 heterocycles. The molecule has 0 amide bonds. The lowest BCUT2D eigenvalue weighted by atomic mass is 9.95. The molecule has 4 heteroatoms. The first-order valence-corrected chi connectivity index (χ1v) is 7.81. The van der Waals surface area contributed by atoms with Gasteiger partial charge in [-0.15, -0.1) is 0 Å². The van der Waals surface area contributed by atoms with Crippen molar-refractivity contribution >= 4 is 0 Å². The topological polar surface area (TPSA) is 24.5 Å². The van der Waals surface area contributed by atoms with Crippen LogP contribution in [-0.2, 0) is 6.54 Å². The van der Waals surface area contributed by atoms with Crippen LogP contribution in [0.3, 0.4) is 0 Å². The number of hydrogen-bond donors (Lipinski definition) is 1. The van der Waals surface area contributed by atoms with Crippen LogP contribution in [0, 0.1) is 11.7 Å². The van der Waals surface area contributed by atoms with Gasteiger partial charge in [0.1, 0.15) is 0 Å². The van der Waals surface area contributed by atoms with Crippen LogP contribution in [0.4, 0.5) is 4.39 Å². The number of methoxy groups -OCH3 is 1. The van der Waals surface area contributed by atoms with E-state index >= 15 is 0 Å². The monoisotopic (exact) mass is 292 g/mol. The minimum absolute atomic E-state index is 0.0426. The average Bonchev–Trinajstić information content (AvgIpc) is 3.27. The first-order valence-electron chi connectivity index (χ1n) is 7.81. The number of ether oxygens (including phenoxy) is 1. The Labute approximate surface area is 126 Å². The molecule has 3 rings (SSSR count). The molecule has 1 N–H and O–H groups in total. The normalized spacial score (nSPS) is 25.8. The van der Waals surface area contributed by atoms with Gasteiger partial charge in [0.25, 0.3) is 0 Å². The quantitative estimate of drug-likeness (QED) is 0.923. The van der Waals surface area contributed by atoms with Crippen molar-refractivity contribution in [2.45, 2.75) is 44.8 Å². The van der Waals surface area contributed by atoms with Crippen molar-refractivity contribution in [3.05, 3.63) is 29.6 Å². The fourth-order valence-electron chi connectivity index (χ4n) is 3.18. The van der Waals surface area contributed by atoms with Gasteiger partial charge in [-0.2, -0.15) is 0 Å². The molecule has 1 aliphatic carbocycles. The van der Waals surface area contributed by atoms with Crippen LogP contribution in [0.1, 0.15) is 32.3 Å². The van der Waals surface area contributed by atoms with E-state index in [0.29, 0.717) is 18.3 Å². The Hall–Kier alpha value is -1.13. The summed E-state index contributed by atoms with van der Waals surface area (Å²) in [5.41, 5.74) is 0.764. The van der Waals surface area contributed by atoms with Crippen LogP contribution in [0.2, 0.25) is 0 Å². The molecule has 2 aliphatic rings. The maximum Gasteiger partial charge on any atom is 0.169 e. The second kappa shape index (κ2) is 5.58. The molecule has 116 valence electrons. The molecule has 1 aromatic carbocycles. The van der Waals surface area contributed by atoms with Crippen LogP contribution in [0.15, 0.2) is 18.2 Å². The molecular formula is C17H25FN2O. The van der Waals surface area contributed by atoms with E-state index in [0.717, 1.165) is 24.6 Å². The molecule has 1 atom stereocenters. The summed E-state index contributed by atoms with van der Waals surface area (Å²) < 4.78 is 19.5. The number of piperazine rings is 1. The highest BCUT2D eigenvalue weighted by atomic mass is 19.1. The second-order valence-electron chi connectivity index (χ2n) is 6.95. The molecule has 2 fully saturated rings. The van der Waals surface area contributed by atoms with Gasteiger partial charge in [0, 0.05) is 36.8 Å². The molecule has 1 saturated carbocycles. The highest BCUT2D eigenvalue weighted by molar-refractivity contribution is 5.31. The van der Waals surface area contributed by atoms with Crippen molar-refractivity contribution in [1.29, 1.82) is 0 Å². The molecule has 1 saturated heterocycles. The molecule has 1 unspecified atom stereocenters. The van der Waals surface area contributed by atoms with Crippen LogP contribution < -0.4 is 10.1 Å². The van der Waals surface area contributed by atoms with Crippen molar-refractivity contribution in [3.8, 4) is 5.75 Å². The van der Waals surface area contributed by atoms with Crippen molar-refractivity contribution in [3.63, 3.8) is 0 Å². The lowest BCUT2D eigenvalue weighted by Gasteiger charge is -2.46. The van der Waals surface area contributed by atoms with Gasteiger partial charge in [-0.05, 0) is 38.7 Å². The first kappa shape index (κ1) is 14.8. The summed E-state index contributed by atoms with van der Waals surface area (Å²) in [5, 5.41) is 3.66. The zero-order chi connectivity index (χ0) is 15.0. The zero-order valence-electron chi connectivity index (χ0n) is 13.2. The SMILES string of the molecule is COc1cccc(CN2CC(C3CC3)NCC2(C)C)c1F. The largest absolute Gasteiger partial charge is 0.494 e. The van der Waals surface area contributed by atoms with Gasteiger partial charge in [-0.25, -0.2) is 4.39 Å². The van der Waals surface area contributed by atoms with Crippen LogP contribution in [0.5, 0.6) is 5.75 Å². The number of halogens is 1. The third-order valence-electron chi connectivity index (χ3n) is 4.89. The van der Waals surface area contributed by atoms with Crippen LogP contribution >= 0.6 is 0 Å². The summed E-state index contributed by atoms with van der Waals surface area (Å²) >= 11 is 0. The highest BCUT2D eigenvalue weighted by Crippen LogP contribution is 2.36. The van der Waals surface area contributed by atoms with Gasteiger partial charge in [-0.1, -0.05) is 12.1 Å². The molecule has 21 heavy (non-hydrogen) atoms.